The van der Waals surface area contributed by atoms with Gasteiger partial charge in [0.1, 0.15) is 30.5 Å². The average Bonchev–Trinajstić information content (AvgIpc) is 3.67. The van der Waals surface area contributed by atoms with Gasteiger partial charge in [-0.3, -0.25) is 14.6 Å². The van der Waals surface area contributed by atoms with E-state index >= 15 is 4.39 Å². The molecule has 0 radical (unpaired) electrons. The van der Waals surface area contributed by atoms with Crippen LogP contribution in [0, 0.1) is 12.4 Å². The van der Waals surface area contributed by atoms with E-state index in [0.29, 0.717) is 52.2 Å². The van der Waals surface area contributed by atoms with Crippen molar-refractivity contribution in [2.45, 2.75) is 68.4 Å². The molecule has 5 heterocycles. The number of fused-ring (bicyclic) bond motifs is 4. The van der Waals surface area contributed by atoms with Gasteiger partial charge in [0.05, 0.1) is 16.8 Å². The molecule has 232 valence electrons. The van der Waals surface area contributed by atoms with E-state index in [1.807, 2.05) is 13.1 Å². The summed E-state index contributed by atoms with van der Waals surface area (Å²) >= 11 is 0. The molecule has 1 aromatic carbocycles. The number of benzene rings is 1. The third-order valence-corrected chi connectivity index (χ3v) is 10.8. The lowest BCUT2D eigenvalue weighted by molar-refractivity contribution is -0.128. The highest BCUT2D eigenvalue weighted by Crippen LogP contribution is 2.49. The Hall–Kier alpha value is -3.62. The standard InChI is InChI=1S/C33H39F2N7O2/c1-4-28(43)42-14-13-40(19-24(42)17-36-2)30-25-20-39(3)33(11-9-22-7-5-8-26(35)29(22)33)16-27(25)37-31(38-30)44-21-32-10-6-12-41(32)18-23(34)15-32/h4-5,7-8,23-24H,1,6,9-21H2,3H3/t23-,24+,32+,33-/m1/s1. The molecule has 4 aliphatic heterocycles. The van der Waals surface area contributed by atoms with Crippen molar-refractivity contribution in [3.05, 3.63) is 70.5 Å². The Bertz CT molecular complexity index is 1530. The van der Waals surface area contributed by atoms with Crippen LogP contribution in [-0.4, -0.2) is 101 Å². The van der Waals surface area contributed by atoms with Crippen molar-refractivity contribution in [1.82, 2.24) is 24.7 Å². The second kappa shape index (κ2) is 11.1. The van der Waals surface area contributed by atoms with Crippen LogP contribution in [0.5, 0.6) is 6.01 Å². The fraction of sp³-hybridized carbons (Fsp3) is 0.576. The number of aromatic nitrogens is 2. The predicted octanol–water partition coefficient (Wildman–Crippen LogP) is 3.52. The van der Waals surface area contributed by atoms with Gasteiger partial charge in [-0.1, -0.05) is 18.7 Å². The highest BCUT2D eigenvalue weighted by molar-refractivity contribution is 5.87. The van der Waals surface area contributed by atoms with E-state index in [9.17, 15) is 9.18 Å². The number of hydrogen-bond acceptors (Lipinski definition) is 7. The molecule has 2 aromatic rings. The summed E-state index contributed by atoms with van der Waals surface area (Å²) in [4.78, 5) is 34.5. The first-order chi connectivity index (χ1) is 21.3. The van der Waals surface area contributed by atoms with Crippen molar-refractivity contribution in [2.24, 2.45) is 0 Å². The van der Waals surface area contributed by atoms with Gasteiger partial charge in [-0.15, -0.1) is 0 Å². The Labute approximate surface area is 257 Å². The van der Waals surface area contributed by atoms with E-state index in [0.717, 1.165) is 60.4 Å². The molecule has 1 aliphatic carbocycles. The van der Waals surface area contributed by atoms with Crippen LogP contribution in [-0.2, 0) is 29.7 Å². The molecule has 5 aliphatic rings. The molecule has 3 fully saturated rings. The van der Waals surface area contributed by atoms with Crippen LogP contribution in [0.2, 0.25) is 0 Å². The predicted molar refractivity (Wildman–Crippen MR) is 162 cm³/mol. The molecule has 1 amide bonds. The van der Waals surface area contributed by atoms with Crippen LogP contribution in [0.15, 0.2) is 30.9 Å². The topological polar surface area (TPSA) is 69.4 Å². The normalized spacial score (nSPS) is 29.8. The zero-order valence-electron chi connectivity index (χ0n) is 25.3. The summed E-state index contributed by atoms with van der Waals surface area (Å²) in [6.45, 7) is 14.9. The van der Waals surface area contributed by atoms with Gasteiger partial charge in [0.15, 0.2) is 0 Å². The molecule has 9 nitrogen and oxygen atoms in total. The van der Waals surface area contributed by atoms with Crippen molar-refractivity contribution in [3.8, 4) is 6.01 Å². The minimum atomic E-state index is -0.861. The molecular formula is C33H39F2N7O2. The summed E-state index contributed by atoms with van der Waals surface area (Å²) in [5.74, 6) is 0.363. The van der Waals surface area contributed by atoms with E-state index in [1.165, 1.54) is 6.08 Å². The number of rotatable bonds is 6. The zero-order chi connectivity index (χ0) is 30.6. The van der Waals surface area contributed by atoms with Crippen molar-refractivity contribution >= 4 is 11.7 Å². The largest absolute Gasteiger partial charge is 0.461 e. The van der Waals surface area contributed by atoms with E-state index in [1.54, 1.807) is 17.0 Å². The highest BCUT2D eigenvalue weighted by atomic mass is 19.1. The van der Waals surface area contributed by atoms with Crippen LogP contribution >= 0.6 is 0 Å². The van der Waals surface area contributed by atoms with Gasteiger partial charge in [0, 0.05) is 56.7 Å². The number of aryl methyl sites for hydroxylation is 1. The van der Waals surface area contributed by atoms with Crippen LogP contribution in [0.3, 0.4) is 0 Å². The van der Waals surface area contributed by atoms with Gasteiger partial charge in [0.2, 0.25) is 12.5 Å². The number of halogens is 2. The summed E-state index contributed by atoms with van der Waals surface area (Å²) in [6.07, 6.45) is 4.90. The first-order valence-electron chi connectivity index (χ1n) is 15.7. The minimum Gasteiger partial charge on any atom is -0.461 e. The highest BCUT2D eigenvalue weighted by Gasteiger charge is 2.51. The smallest absolute Gasteiger partial charge is 0.318 e. The van der Waals surface area contributed by atoms with Gasteiger partial charge >= 0.3 is 6.01 Å². The van der Waals surface area contributed by atoms with Crippen LogP contribution < -0.4 is 9.64 Å². The van der Waals surface area contributed by atoms with Crippen LogP contribution in [0.4, 0.5) is 14.6 Å². The fourth-order valence-corrected chi connectivity index (χ4v) is 8.62. The molecule has 0 N–H and O–H groups in total. The lowest BCUT2D eigenvalue weighted by Crippen LogP contribution is -2.56. The third kappa shape index (κ3) is 4.65. The SMILES string of the molecule is [C-]#[N+]C[C@H]1CN(c2nc(OC[C@@]34CCCN3C[C@H](F)C4)nc3c2CN(C)[C@]2(CCc4cccc(F)c42)C3)CCN1C(=O)C=C. The Balaban J connectivity index is 1.26. The second-order valence-electron chi connectivity index (χ2n) is 13.1. The van der Waals surface area contributed by atoms with Gasteiger partial charge in [-0.05, 0) is 57.0 Å². The number of carbonyl (C=O) groups is 1. The van der Waals surface area contributed by atoms with Crippen molar-refractivity contribution in [1.29, 1.82) is 0 Å². The summed E-state index contributed by atoms with van der Waals surface area (Å²) in [6, 6.07) is 5.28. The Morgan fingerprint density at radius 1 is 1.25 bits per heavy atom. The van der Waals surface area contributed by atoms with E-state index in [4.69, 9.17) is 21.3 Å². The number of ether oxygens (including phenoxy) is 1. The number of carbonyl (C=O) groups excluding carboxylic acids is 1. The quantitative estimate of drug-likeness (QED) is 0.370. The first-order valence-corrected chi connectivity index (χ1v) is 15.7. The maximum Gasteiger partial charge on any atom is 0.318 e. The molecular weight excluding hydrogens is 564 g/mol. The number of nitrogens with zero attached hydrogens (tertiary/aromatic N) is 7. The lowest BCUT2D eigenvalue weighted by atomic mass is 9.80. The maximum atomic E-state index is 15.4. The second-order valence-corrected chi connectivity index (χ2v) is 13.1. The molecule has 11 heteroatoms. The number of amides is 1. The monoisotopic (exact) mass is 603 g/mol. The first kappa shape index (κ1) is 29.1. The number of likely N-dealkylation sites (N-methyl/N-ethyl adjacent to an activating group) is 1. The Morgan fingerprint density at radius 3 is 2.93 bits per heavy atom. The van der Waals surface area contributed by atoms with Gasteiger partial charge in [0.25, 0.3) is 0 Å². The van der Waals surface area contributed by atoms with Gasteiger partial charge in [-0.2, -0.15) is 9.97 Å². The van der Waals surface area contributed by atoms with E-state index < -0.39 is 11.7 Å². The molecule has 1 spiro atoms. The number of anilines is 1. The number of piperazine rings is 1. The number of alkyl halides is 1. The maximum absolute atomic E-state index is 15.4. The molecule has 0 bridgehead atoms. The van der Waals surface area contributed by atoms with Crippen molar-refractivity contribution < 1.29 is 18.3 Å². The Kier molecular flexibility index (Phi) is 7.33. The van der Waals surface area contributed by atoms with Crippen LogP contribution in [0.25, 0.3) is 4.85 Å². The molecule has 0 unspecified atom stereocenters. The molecule has 1 aromatic heterocycles. The molecule has 44 heavy (non-hydrogen) atoms. The summed E-state index contributed by atoms with van der Waals surface area (Å²) < 4.78 is 36.3. The zero-order valence-corrected chi connectivity index (χ0v) is 25.3. The summed E-state index contributed by atoms with van der Waals surface area (Å²) in [7, 11) is 2.04. The van der Waals surface area contributed by atoms with E-state index in [2.05, 4.69) is 26.1 Å². The van der Waals surface area contributed by atoms with Crippen LogP contribution in [0.1, 0.15) is 48.1 Å². The van der Waals surface area contributed by atoms with Gasteiger partial charge in [-0.25, -0.2) is 15.4 Å². The molecule has 4 atom stereocenters. The molecule has 3 saturated heterocycles. The van der Waals surface area contributed by atoms with Crippen molar-refractivity contribution in [3.63, 3.8) is 0 Å². The minimum absolute atomic E-state index is 0.175. The van der Waals surface area contributed by atoms with E-state index in [-0.39, 0.29) is 35.9 Å². The average molecular weight is 604 g/mol. The third-order valence-electron chi connectivity index (χ3n) is 10.8. The fourth-order valence-electron chi connectivity index (χ4n) is 8.62. The van der Waals surface area contributed by atoms with Crippen molar-refractivity contribution in [2.75, 3.05) is 57.8 Å². The summed E-state index contributed by atoms with van der Waals surface area (Å²) in [5, 5.41) is 0. The molecule has 0 saturated carbocycles. The number of hydrogen-bond donors (Lipinski definition) is 0. The lowest BCUT2D eigenvalue weighted by Gasteiger charge is -2.46. The molecule has 7 rings (SSSR count). The van der Waals surface area contributed by atoms with Gasteiger partial charge < -0.3 is 19.4 Å². The Morgan fingerprint density at radius 2 is 2.11 bits per heavy atom. The summed E-state index contributed by atoms with van der Waals surface area (Å²) in [5.41, 5.74) is 2.73.